The number of ether oxygens (including phenoxy) is 1. The molecule has 3 aromatic rings. The van der Waals surface area contributed by atoms with Gasteiger partial charge in [0, 0.05) is 26.2 Å². The quantitative estimate of drug-likeness (QED) is 0.721. The van der Waals surface area contributed by atoms with Crippen LogP contribution in [0.1, 0.15) is 5.69 Å². The van der Waals surface area contributed by atoms with E-state index in [1.807, 2.05) is 0 Å². The number of hydrogen-bond donors (Lipinski definition) is 0. The SMILES string of the molecule is CN(C)c1cc(C(F)(F)F)nc(Oc2cccc(-n3ccnn3)c2)n1. The molecule has 0 bridgehead atoms. The number of alkyl halides is 3. The highest BCUT2D eigenvalue weighted by atomic mass is 19.4. The molecule has 1 aromatic carbocycles. The van der Waals surface area contributed by atoms with Gasteiger partial charge in [-0.2, -0.15) is 23.1 Å². The molecular formula is C15H13F3N6O. The molecule has 0 spiro atoms. The van der Waals surface area contributed by atoms with Crippen LogP contribution in [-0.4, -0.2) is 39.1 Å². The molecule has 0 atom stereocenters. The van der Waals surface area contributed by atoms with Gasteiger partial charge in [-0.05, 0) is 12.1 Å². The molecule has 0 radical (unpaired) electrons. The first-order valence-electron chi connectivity index (χ1n) is 7.11. The third-order valence-corrected chi connectivity index (χ3v) is 3.15. The first-order valence-corrected chi connectivity index (χ1v) is 7.11. The van der Waals surface area contributed by atoms with Crippen molar-refractivity contribution in [3.63, 3.8) is 0 Å². The maximum absolute atomic E-state index is 13.0. The molecule has 130 valence electrons. The van der Waals surface area contributed by atoms with Crippen molar-refractivity contribution in [3.8, 4) is 17.4 Å². The number of aromatic nitrogens is 5. The second-order valence-corrected chi connectivity index (χ2v) is 5.23. The Morgan fingerprint density at radius 3 is 2.56 bits per heavy atom. The lowest BCUT2D eigenvalue weighted by molar-refractivity contribution is -0.141. The fraction of sp³-hybridized carbons (Fsp3) is 0.200. The molecule has 2 heterocycles. The van der Waals surface area contributed by atoms with Crippen molar-refractivity contribution in [2.75, 3.05) is 19.0 Å². The van der Waals surface area contributed by atoms with E-state index in [-0.39, 0.29) is 11.6 Å². The zero-order valence-electron chi connectivity index (χ0n) is 13.3. The largest absolute Gasteiger partial charge is 0.433 e. The average Bonchev–Trinajstić information content (AvgIpc) is 3.08. The smallest absolute Gasteiger partial charge is 0.424 e. The van der Waals surface area contributed by atoms with Crippen LogP contribution < -0.4 is 9.64 Å². The van der Waals surface area contributed by atoms with Crippen LogP contribution in [0, 0.1) is 0 Å². The Bertz CT molecular complexity index is 864. The van der Waals surface area contributed by atoms with Gasteiger partial charge in [-0.3, -0.25) is 0 Å². The Kier molecular flexibility index (Phi) is 4.26. The number of anilines is 1. The summed E-state index contributed by atoms with van der Waals surface area (Å²) in [5, 5.41) is 7.54. The fourth-order valence-corrected chi connectivity index (χ4v) is 1.97. The van der Waals surface area contributed by atoms with Crippen LogP contribution in [0.15, 0.2) is 42.7 Å². The van der Waals surface area contributed by atoms with Gasteiger partial charge in [0.1, 0.15) is 11.6 Å². The monoisotopic (exact) mass is 350 g/mol. The number of nitrogens with zero attached hydrogens (tertiary/aromatic N) is 6. The lowest BCUT2D eigenvalue weighted by Crippen LogP contribution is -2.16. The van der Waals surface area contributed by atoms with E-state index in [0.717, 1.165) is 6.07 Å². The molecule has 0 aliphatic heterocycles. The van der Waals surface area contributed by atoms with Gasteiger partial charge in [0.2, 0.25) is 0 Å². The molecule has 0 saturated heterocycles. The first-order chi connectivity index (χ1) is 11.8. The van der Waals surface area contributed by atoms with E-state index in [0.29, 0.717) is 5.69 Å². The standard InChI is InChI=1S/C15H13F3N6O/c1-23(2)13-9-12(15(16,17)18)20-14(21-13)25-11-5-3-4-10(8-11)24-7-6-19-22-24/h3-9H,1-2H3. The van der Waals surface area contributed by atoms with Crippen molar-refractivity contribution >= 4 is 5.82 Å². The van der Waals surface area contributed by atoms with Crippen molar-refractivity contribution in [3.05, 3.63) is 48.4 Å². The molecule has 0 fully saturated rings. The van der Waals surface area contributed by atoms with Gasteiger partial charge in [-0.15, -0.1) is 5.10 Å². The highest BCUT2D eigenvalue weighted by Crippen LogP contribution is 2.31. The van der Waals surface area contributed by atoms with Gasteiger partial charge in [-0.1, -0.05) is 11.3 Å². The minimum Gasteiger partial charge on any atom is -0.424 e. The van der Waals surface area contributed by atoms with Crippen molar-refractivity contribution in [2.45, 2.75) is 6.18 Å². The van der Waals surface area contributed by atoms with E-state index in [9.17, 15) is 13.2 Å². The van der Waals surface area contributed by atoms with Crippen LogP contribution in [0.25, 0.3) is 5.69 Å². The van der Waals surface area contributed by atoms with Crippen LogP contribution in [0.5, 0.6) is 11.8 Å². The van der Waals surface area contributed by atoms with Gasteiger partial charge in [0.25, 0.3) is 0 Å². The predicted molar refractivity (Wildman–Crippen MR) is 82.8 cm³/mol. The Hall–Kier alpha value is -3.17. The molecule has 10 heteroatoms. The molecule has 0 amide bonds. The second-order valence-electron chi connectivity index (χ2n) is 5.23. The van der Waals surface area contributed by atoms with E-state index in [1.165, 1.54) is 15.8 Å². The summed E-state index contributed by atoms with van der Waals surface area (Å²) in [6.45, 7) is 0. The van der Waals surface area contributed by atoms with E-state index >= 15 is 0 Å². The summed E-state index contributed by atoms with van der Waals surface area (Å²) in [6, 6.07) is 7.06. The molecule has 0 aliphatic rings. The van der Waals surface area contributed by atoms with Gasteiger partial charge in [-0.25, -0.2) is 4.68 Å². The molecule has 0 saturated carbocycles. The Labute approximate surface area is 140 Å². The number of halogens is 3. The summed E-state index contributed by atoms with van der Waals surface area (Å²) in [5.41, 5.74) is -0.441. The zero-order chi connectivity index (χ0) is 18.0. The lowest BCUT2D eigenvalue weighted by Gasteiger charge is -2.15. The molecule has 0 N–H and O–H groups in total. The van der Waals surface area contributed by atoms with Gasteiger partial charge in [0.05, 0.1) is 18.1 Å². The second kappa shape index (κ2) is 6.38. The molecule has 2 aromatic heterocycles. The molecule has 0 aliphatic carbocycles. The first kappa shape index (κ1) is 16.7. The summed E-state index contributed by atoms with van der Waals surface area (Å²) >= 11 is 0. The van der Waals surface area contributed by atoms with Crippen LogP contribution in [-0.2, 0) is 6.18 Å². The minimum absolute atomic E-state index is 0.0877. The van der Waals surface area contributed by atoms with Crippen LogP contribution in [0.4, 0.5) is 19.0 Å². The lowest BCUT2D eigenvalue weighted by atomic mass is 10.3. The van der Waals surface area contributed by atoms with Crippen molar-refractivity contribution in [1.29, 1.82) is 0 Å². The number of benzene rings is 1. The van der Waals surface area contributed by atoms with E-state index in [2.05, 4.69) is 20.3 Å². The van der Waals surface area contributed by atoms with Crippen molar-refractivity contribution < 1.29 is 17.9 Å². The molecule has 3 rings (SSSR count). The molecule has 25 heavy (non-hydrogen) atoms. The average molecular weight is 350 g/mol. The molecule has 0 unspecified atom stereocenters. The summed E-state index contributed by atoms with van der Waals surface area (Å²) < 4.78 is 46.0. The Balaban J connectivity index is 1.95. The predicted octanol–water partition coefficient (Wildman–Crippen LogP) is 2.93. The Morgan fingerprint density at radius 2 is 1.92 bits per heavy atom. The Morgan fingerprint density at radius 1 is 1.12 bits per heavy atom. The van der Waals surface area contributed by atoms with E-state index in [4.69, 9.17) is 4.74 Å². The van der Waals surface area contributed by atoms with Gasteiger partial charge >= 0.3 is 12.2 Å². The van der Waals surface area contributed by atoms with Crippen LogP contribution >= 0.6 is 0 Å². The summed E-state index contributed by atoms with van der Waals surface area (Å²) in [4.78, 5) is 8.89. The van der Waals surface area contributed by atoms with Crippen molar-refractivity contribution in [1.82, 2.24) is 25.0 Å². The number of rotatable bonds is 4. The highest BCUT2D eigenvalue weighted by molar-refractivity contribution is 5.42. The maximum Gasteiger partial charge on any atom is 0.433 e. The summed E-state index contributed by atoms with van der Waals surface area (Å²) in [6.07, 6.45) is -1.47. The summed E-state index contributed by atoms with van der Waals surface area (Å²) in [5.74, 6) is 0.363. The zero-order valence-corrected chi connectivity index (χ0v) is 13.3. The summed E-state index contributed by atoms with van der Waals surface area (Å²) in [7, 11) is 3.16. The number of hydrogen-bond acceptors (Lipinski definition) is 6. The molecule has 7 nitrogen and oxygen atoms in total. The fourth-order valence-electron chi connectivity index (χ4n) is 1.97. The third-order valence-electron chi connectivity index (χ3n) is 3.15. The third kappa shape index (κ3) is 3.84. The van der Waals surface area contributed by atoms with Crippen molar-refractivity contribution in [2.24, 2.45) is 0 Å². The maximum atomic E-state index is 13.0. The van der Waals surface area contributed by atoms with Gasteiger partial charge in [0.15, 0.2) is 5.69 Å². The van der Waals surface area contributed by atoms with E-state index in [1.54, 1.807) is 44.6 Å². The topological polar surface area (TPSA) is 69.0 Å². The van der Waals surface area contributed by atoms with Crippen LogP contribution in [0.3, 0.4) is 0 Å². The molecular weight excluding hydrogens is 337 g/mol. The normalized spacial score (nSPS) is 11.4. The van der Waals surface area contributed by atoms with E-state index < -0.39 is 17.9 Å². The highest BCUT2D eigenvalue weighted by Gasteiger charge is 2.34. The minimum atomic E-state index is -4.60. The van der Waals surface area contributed by atoms with Gasteiger partial charge < -0.3 is 9.64 Å². The van der Waals surface area contributed by atoms with Crippen LogP contribution in [0.2, 0.25) is 0 Å².